The lowest BCUT2D eigenvalue weighted by Crippen LogP contribution is -2.10. The van der Waals surface area contributed by atoms with Crippen molar-refractivity contribution in [1.82, 2.24) is 0 Å². The predicted octanol–water partition coefficient (Wildman–Crippen LogP) is 2.80. The van der Waals surface area contributed by atoms with Crippen molar-refractivity contribution in [2.45, 2.75) is 30.6 Å². The van der Waals surface area contributed by atoms with Crippen LogP contribution in [0.2, 0.25) is 0 Å². The molecule has 0 radical (unpaired) electrons. The van der Waals surface area contributed by atoms with E-state index in [0.29, 0.717) is 0 Å². The molecule has 0 heterocycles. The molecule has 1 aliphatic rings. The van der Waals surface area contributed by atoms with Crippen molar-refractivity contribution in [3.8, 4) is 0 Å². The highest BCUT2D eigenvalue weighted by Gasteiger charge is 2.23. The summed E-state index contributed by atoms with van der Waals surface area (Å²) in [5.74, 6) is 0.476. The van der Waals surface area contributed by atoms with Gasteiger partial charge in [0.1, 0.15) is 0 Å². The van der Waals surface area contributed by atoms with Gasteiger partial charge in [-0.1, -0.05) is 25.0 Å². The monoisotopic (exact) mass is 236 g/mol. The van der Waals surface area contributed by atoms with Crippen molar-refractivity contribution in [1.29, 1.82) is 0 Å². The Kier molecular flexibility index (Phi) is 3.54. The number of rotatable bonds is 3. The molecular weight excluding hydrogens is 220 g/mol. The average Bonchev–Trinajstić information content (AvgIpc) is 2.81. The summed E-state index contributed by atoms with van der Waals surface area (Å²) < 4.78 is 11.2. The number of ketones is 1. The lowest BCUT2D eigenvalue weighted by atomic mass is 9.96. The van der Waals surface area contributed by atoms with Gasteiger partial charge in [0, 0.05) is 33.4 Å². The normalized spacial score (nSPS) is 18.6. The lowest BCUT2D eigenvalue weighted by molar-refractivity contribution is 0.0923. The summed E-state index contributed by atoms with van der Waals surface area (Å²) in [5.41, 5.74) is 0.765. The highest BCUT2D eigenvalue weighted by molar-refractivity contribution is 7.84. The van der Waals surface area contributed by atoms with E-state index in [9.17, 15) is 9.00 Å². The van der Waals surface area contributed by atoms with E-state index in [1.54, 1.807) is 30.5 Å². The third-order valence-electron chi connectivity index (χ3n) is 3.20. The Morgan fingerprint density at radius 3 is 2.25 bits per heavy atom. The van der Waals surface area contributed by atoms with Crippen LogP contribution in [-0.2, 0) is 10.8 Å². The molecule has 0 aliphatic heterocycles. The molecule has 1 unspecified atom stereocenters. The Balaban J connectivity index is 2.14. The van der Waals surface area contributed by atoms with Gasteiger partial charge in [0.15, 0.2) is 5.78 Å². The second kappa shape index (κ2) is 4.91. The van der Waals surface area contributed by atoms with E-state index < -0.39 is 10.8 Å². The molecule has 0 saturated heterocycles. The fourth-order valence-electron chi connectivity index (χ4n) is 2.23. The van der Waals surface area contributed by atoms with Crippen LogP contribution in [0, 0.1) is 5.92 Å². The molecule has 0 N–H and O–H groups in total. The molecule has 3 heteroatoms. The fraction of sp³-hybridized carbons (Fsp3) is 0.462. The summed E-state index contributed by atoms with van der Waals surface area (Å²) in [6.07, 6.45) is 6.05. The quantitative estimate of drug-likeness (QED) is 0.756. The topological polar surface area (TPSA) is 34.1 Å². The maximum Gasteiger partial charge on any atom is 0.165 e. The highest BCUT2D eigenvalue weighted by Crippen LogP contribution is 2.28. The summed E-state index contributed by atoms with van der Waals surface area (Å²) in [4.78, 5) is 12.8. The Bertz CT molecular complexity index is 402. The first-order chi connectivity index (χ1) is 7.68. The zero-order valence-corrected chi connectivity index (χ0v) is 10.3. The Morgan fingerprint density at radius 1 is 1.19 bits per heavy atom. The molecule has 1 saturated carbocycles. The second-order valence-electron chi connectivity index (χ2n) is 4.32. The molecule has 1 aromatic rings. The fourth-order valence-corrected chi connectivity index (χ4v) is 2.75. The highest BCUT2D eigenvalue weighted by atomic mass is 32.2. The van der Waals surface area contributed by atoms with E-state index in [0.717, 1.165) is 23.3 Å². The molecule has 1 aliphatic carbocycles. The van der Waals surface area contributed by atoms with Gasteiger partial charge in [-0.15, -0.1) is 0 Å². The van der Waals surface area contributed by atoms with Crippen LogP contribution in [0.5, 0.6) is 0 Å². The van der Waals surface area contributed by atoms with Gasteiger partial charge in [0.2, 0.25) is 0 Å². The Hall–Kier alpha value is -0.960. The van der Waals surface area contributed by atoms with Crippen LogP contribution in [-0.4, -0.2) is 16.2 Å². The van der Waals surface area contributed by atoms with Crippen molar-refractivity contribution in [3.63, 3.8) is 0 Å². The van der Waals surface area contributed by atoms with Crippen LogP contribution in [0.15, 0.2) is 29.2 Å². The first-order valence-electron chi connectivity index (χ1n) is 5.66. The third-order valence-corrected chi connectivity index (χ3v) is 4.13. The largest absolute Gasteiger partial charge is 0.294 e. The van der Waals surface area contributed by atoms with E-state index in [1.807, 2.05) is 0 Å². The van der Waals surface area contributed by atoms with Gasteiger partial charge in [-0.3, -0.25) is 9.00 Å². The van der Waals surface area contributed by atoms with Gasteiger partial charge in [0.25, 0.3) is 0 Å². The Labute approximate surface area is 98.5 Å². The van der Waals surface area contributed by atoms with Crippen molar-refractivity contribution in [2.24, 2.45) is 5.92 Å². The summed E-state index contributed by atoms with van der Waals surface area (Å²) in [6, 6.07) is 7.19. The van der Waals surface area contributed by atoms with E-state index in [-0.39, 0.29) is 11.7 Å². The second-order valence-corrected chi connectivity index (χ2v) is 5.70. The zero-order chi connectivity index (χ0) is 11.5. The standard InChI is InChI=1S/C13H16O2S/c1-16(15)12-8-6-11(7-9-12)13(14)10-4-2-3-5-10/h6-10H,2-5H2,1H3. The number of hydrogen-bond acceptors (Lipinski definition) is 2. The molecule has 1 atom stereocenters. The summed E-state index contributed by atoms with van der Waals surface area (Å²) in [5, 5.41) is 0. The molecule has 16 heavy (non-hydrogen) atoms. The minimum Gasteiger partial charge on any atom is -0.294 e. The molecule has 0 spiro atoms. The molecular formula is C13H16O2S. The van der Waals surface area contributed by atoms with Gasteiger partial charge in [-0.05, 0) is 25.0 Å². The van der Waals surface area contributed by atoms with Crippen LogP contribution in [0.25, 0.3) is 0 Å². The van der Waals surface area contributed by atoms with Crippen LogP contribution >= 0.6 is 0 Å². The van der Waals surface area contributed by atoms with E-state index in [4.69, 9.17) is 0 Å². The van der Waals surface area contributed by atoms with Crippen molar-refractivity contribution < 1.29 is 9.00 Å². The van der Waals surface area contributed by atoms with Crippen LogP contribution < -0.4 is 0 Å². The van der Waals surface area contributed by atoms with Crippen molar-refractivity contribution >= 4 is 16.6 Å². The summed E-state index contributed by atoms with van der Waals surface area (Å²) in [6.45, 7) is 0. The molecule has 86 valence electrons. The van der Waals surface area contributed by atoms with Gasteiger partial charge in [-0.25, -0.2) is 0 Å². The minimum atomic E-state index is -0.964. The number of Topliss-reactive ketones (excluding diaryl/α,β-unsaturated/α-hetero) is 1. The summed E-state index contributed by atoms with van der Waals surface area (Å²) in [7, 11) is -0.964. The third kappa shape index (κ3) is 2.40. The summed E-state index contributed by atoms with van der Waals surface area (Å²) >= 11 is 0. The smallest absolute Gasteiger partial charge is 0.165 e. The molecule has 0 amide bonds. The predicted molar refractivity (Wildman–Crippen MR) is 65.1 cm³/mol. The first kappa shape index (κ1) is 11.5. The van der Waals surface area contributed by atoms with Crippen LogP contribution in [0.4, 0.5) is 0 Å². The lowest BCUT2D eigenvalue weighted by Gasteiger charge is -2.07. The van der Waals surface area contributed by atoms with E-state index in [2.05, 4.69) is 0 Å². The average molecular weight is 236 g/mol. The number of carbonyl (C=O) groups is 1. The zero-order valence-electron chi connectivity index (χ0n) is 9.44. The molecule has 2 rings (SSSR count). The SMILES string of the molecule is CS(=O)c1ccc(C(=O)C2CCCC2)cc1. The molecule has 1 aromatic carbocycles. The van der Waals surface area contributed by atoms with E-state index >= 15 is 0 Å². The number of hydrogen-bond donors (Lipinski definition) is 0. The van der Waals surface area contributed by atoms with Gasteiger partial charge in [-0.2, -0.15) is 0 Å². The number of benzene rings is 1. The van der Waals surface area contributed by atoms with Gasteiger partial charge < -0.3 is 0 Å². The van der Waals surface area contributed by atoms with Crippen LogP contribution in [0.3, 0.4) is 0 Å². The molecule has 0 bridgehead atoms. The van der Waals surface area contributed by atoms with Crippen molar-refractivity contribution in [2.75, 3.05) is 6.26 Å². The number of carbonyl (C=O) groups excluding carboxylic acids is 1. The van der Waals surface area contributed by atoms with Gasteiger partial charge in [0.05, 0.1) is 0 Å². The molecule has 1 fully saturated rings. The molecule has 2 nitrogen and oxygen atoms in total. The minimum absolute atomic E-state index is 0.220. The maximum absolute atomic E-state index is 12.1. The van der Waals surface area contributed by atoms with Crippen LogP contribution in [0.1, 0.15) is 36.0 Å². The van der Waals surface area contributed by atoms with Gasteiger partial charge >= 0.3 is 0 Å². The van der Waals surface area contributed by atoms with E-state index in [1.165, 1.54) is 12.8 Å². The van der Waals surface area contributed by atoms with Crippen molar-refractivity contribution in [3.05, 3.63) is 29.8 Å². The maximum atomic E-state index is 12.1. The molecule has 0 aromatic heterocycles. The first-order valence-corrected chi connectivity index (χ1v) is 7.22. The Morgan fingerprint density at radius 2 is 1.75 bits per heavy atom.